The second-order valence-corrected chi connectivity index (χ2v) is 12.2. The Morgan fingerprint density at radius 2 is 1.40 bits per heavy atom. The molecule has 0 aliphatic carbocycles. The van der Waals surface area contributed by atoms with Crippen LogP contribution in [0.2, 0.25) is 0 Å². The predicted molar refractivity (Wildman–Crippen MR) is 166 cm³/mol. The van der Waals surface area contributed by atoms with Crippen molar-refractivity contribution in [2.24, 2.45) is 5.92 Å². The van der Waals surface area contributed by atoms with Gasteiger partial charge in [0.2, 0.25) is 23.6 Å². The van der Waals surface area contributed by atoms with Gasteiger partial charge < -0.3 is 46.3 Å². The molecule has 5 amide bonds. The molecule has 14 nitrogen and oxygen atoms in total. The highest BCUT2D eigenvalue weighted by Gasteiger charge is 2.29. The molecular weight excluding hydrogens is 586 g/mol. The van der Waals surface area contributed by atoms with Crippen molar-refractivity contribution < 1.29 is 43.7 Å². The Bertz CT molecular complexity index is 1140. The van der Waals surface area contributed by atoms with Crippen molar-refractivity contribution >= 4 is 36.0 Å². The molecule has 1 aromatic rings. The van der Waals surface area contributed by atoms with Crippen LogP contribution in [-0.4, -0.2) is 94.7 Å². The molecule has 0 bridgehead atoms. The first-order valence-corrected chi connectivity index (χ1v) is 15.0. The largest absolute Gasteiger partial charge is 0.444 e. The van der Waals surface area contributed by atoms with Gasteiger partial charge in [0.15, 0.2) is 0 Å². The van der Waals surface area contributed by atoms with Gasteiger partial charge in [0.05, 0.1) is 24.8 Å². The summed E-state index contributed by atoms with van der Waals surface area (Å²) in [4.78, 5) is 74.0. The molecule has 6 unspecified atom stereocenters. The van der Waals surface area contributed by atoms with Crippen molar-refractivity contribution in [3.8, 4) is 0 Å². The quantitative estimate of drug-likeness (QED) is 0.115. The van der Waals surface area contributed by atoms with Crippen LogP contribution in [-0.2, 0) is 35.1 Å². The van der Waals surface area contributed by atoms with Crippen LogP contribution in [0.1, 0.15) is 66.9 Å². The summed E-state index contributed by atoms with van der Waals surface area (Å²) in [6, 6.07) is 4.00. The minimum absolute atomic E-state index is 0.000443. The maximum Gasteiger partial charge on any atom is 0.408 e. The molecule has 0 aliphatic heterocycles. The summed E-state index contributed by atoms with van der Waals surface area (Å²) in [5.41, 5.74) is -0.0118. The summed E-state index contributed by atoms with van der Waals surface area (Å²) in [5.74, 6) is -2.69. The SMILES string of the molecule is CC(NC(=O)C(C)NC(=O)C(CO)NC(=O)OC(C)(C)C)C(=O)NC(Cc1ccccc1)C(O)CCC(=O)NC(C=O)C(C)C. The number of alkyl carbamates (subject to hydrolysis) is 1. The molecule has 0 saturated carbocycles. The molecule has 45 heavy (non-hydrogen) atoms. The number of carbonyl (C=O) groups excluding carboxylic acids is 6. The third-order valence-electron chi connectivity index (χ3n) is 6.64. The molecule has 1 aromatic carbocycles. The lowest BCUT2D eigenvalue weighted by Gasteiger charge is -2.27. The zero-order valence-electron chi connectivity index (χ0n) is 27.1. The molecule has 6 atom stereocenters. The minimum Gasteiger partial charge on any atom is -0.444 e. The normalized spacial score (nSPS) is 15.3. The van der Waals surface area contributed by atoms with Crippen molar-refractivity contribution in [2.45, 2.75) is 110 Å². The smallest absolute Gasteiger partial charge is 0.408 e. The Labute approximate surface area is 264 Å². The van der Waals surface area contributed by atoms with Gasteiger partial charge in [-0.3, -0.25) is 19.2 Å². The molecule has 0 fully saturated rings. The molecule has 0 saturated heterocycles. The fourth-order valence-corrected chi connectivity index (χ4v) is 3.98. The van der Waals surface area contributed by atoms with Gasteiger partial charge in [-0.25, -0.2) is 4.79 Å². The number of amides is 5. The molecule has 0 spiro atoms. The van der Waals surface area contributed by atoms with Crippen LogP contribution in [0.15, 0.2) is 30.3 Å². The van der Waals surface area contributed by atoms with Gasteiger partial charge >= 0.3 is 6.09 Å². The number of aliphatic hydroxyl groups is 2. The fourth-order valence-electron chi connectivity index (χ4n) is 3.98. The molecule has 14 heteroatoms. The zero-order valence-corrected chi connectivity index (χ0v) is 27.1. The van der Waals surface area contributed by atoms with E-state index in [2.05, 4.69) is 26.6 Å². The number of hydrogen-bond donors (Lipinski definition) is 7. The van der Waals surface area contributed by atoms with Gasteiger partial charge in [0.1, 0.15) is 30.0 Å². The monoisotopic (exact) mass is 635 g/mol. The Morgan fingerprint density at radius 3 is 1.91 bits per heavy atom. The van der Waals surface area contributed by atoms with Crippen LogP contribution in [0.4, 0.5) is 4.79 Å². The Hall–Kier alpha value is -4.04. The number of rotatable bonds is 17. The number of aliphatic hydroxyl groups excluding tert-OH is 2. The Balaban J connectivity index is 2.82. The first-order valence-electron chi connectivity index (χ1n) is 15.0. The summed E-state index contributed by atoms with van der Waals surface area (Å²) in [6.07, 6.45) is -1.25. The molecular formula is C31H49N5O9. The third-order valence-corrected chi connectivity index (χ3v) is 6.64. The van der Waals surface area contributed by atoms with Crippen molar-refractivity contribution in [3.05, 3.63) is 35.9 Å². The van der Waals surface area contributed by atoms with Crippen molar-refractivity contribution in [1.29, 1.82) is 0 Å². The first kappa shape index (κ1) is 39.0. The van der Waals surface area contributed by atoms with Crippen LogP contribution in [0, 0.1) is 5.92 Å². The van der Waals surface area contributed by atoms with Gasteiger partial charge in [-0.1, -0.05) is 44.2 Å². The molecule has 252 valence electrons. The van der Waals surface area contributed by atoms with Gasteiger partial charge in [-0.15, -0.1) is 0 Å². The lowest BCUT2D eigenvalue weighted by atomic mass is 9.97. The van der Waals surface area contributed by atoms with Crippen molar-refractivity contribution in [2.75, 3.05) is 6.61 Å². The maximum absolute atomic E-state index is 13.1. The summed E-state index contributed by atoms with van der Waals surface area (Å²) in [5, 5.41) is 33.0. The number of nitrogens with one attached hydrogen (secondary N) is 5. The van der Waals surface area contributed by atoms with Crippen LogP contribution >= 0.6 is 0 Å². The maximum atomic E-state index is 13.1. The molecule has 0 radical (unpaired) electrons. The minimum atomic E-state index is -1.38. The molecule has 1 rings (SSSR count). The molecule has 0 aromatic heterocycles. The fraction of sp³-hybridized carbons (Fsp3) is 0.613. The van der Waals surface area contributed by atoms with E-state index in [1.54, 1.807) is 34.6 Å². The average Bonchev–Trinajstić information content (AvgIpc) is 2.96. The van der Waals surface area contributed by atoms with Crippen LogP contribution in [0.3, 0.4) is 0 Å². The van der Waals surface area contributed by atoms with Gasteiger partial charge in [-0.05, 0) is 58.9 Å². The molecule has 0 heterocycles. The Morgan fingerprint density at radius 1 is 0.844 bits per heavy atom. The lowest BCUT2D eigenvalue weighted by Crippen LogP contribution is -2.57. The molecule has 0 aliphatic rings. The second kappa shape index (κ2) is 18.7. The van der Waals surface area contributed by atoms with E-state index in [4.69, 9.17) is 4.74 Å². The summed E-state index contributed by atoms with van der Waals surface area (Å²) < 4.78 is 5.08. The number of hydrogen-bond acceptors (Lipinski definition) is 9. The predicted octanol–water partition coefficient (Wildman–Crippen LogP) is 0.0897. The summed E-state index contributed by atoms with van der Waals surface area (Å²) in [7, 11) is 0. The van der Waals surface area contributed by atoms with E-state index >= 15 is 0 Å². The summed E-state index contributed by atoms with van der Waals surface area (Å²) in [6.45, 7) is 10.5. The topological polar surface area (TPSA) is 212 Å². The van der Waals surface area contributed by atoms with E-state index in [0.717, 1.165) is 5.56 Å². The van der Waals surface area contributed by atoms with E-state index in [0.29, 0.717) is 6.29 Å². The van der Waals surface area contributed by atoms with Crippen molar-refractivity contribution in [1.82, 2.24) is 26.6 Å². The highest BCUT2D eigenvalue weighted by atomic mass is 16.6. The number of aldehydes is 1. The van der Waals surface area contributed by atoms with Gasteiger partial charge in [-0.2, -0.15) is 0 Å². The van der Waals surface area contributed by atoms with Crippen LogP contribution < -0.4 is 26.6 Å². The standard InChI is InChI=1S/C31H49N5O9/c1-18(2)23(16-37)34-26(40)14-13-25(39)22(15-21-11-9-8-10-12-21)35-28(42)20(4)32-27(41)19(3)33-29(43)24(17-38)36-30(44)45-31(5,6)7/h8-12,16,18-20,22-25,38-39H,13-15,17H2,1-7H3,(H,32,41)(H,33,43)(H,34,40)(H,35,42)(H,36,44). The first-order chi connectivity index (χ1) is 21.0. The van der Waals surface area contributed by atoms with Crippen molar-refractivity contribution in [3.63, 3.8) is 0 Å². The van der Waals surface area contributed by atoms with E-state index < -0.39 is 78.2 Å². The highest BCUT2D eigenvalue weighted by molar-refractivity contribution is 5.93. The van der Waals surface area contributed by atoms with E-state index in [-0.39, 0.29) is 25.2 Å². The van der Waals surface area contributed by atoms with Gasteiger partial charge in [0.25, 0.3) is 0 Å². The van der Waals surface area contributed by atoms with Crippen LogP contribution in [0.25, 0.3) is 0 Å². The van der Waals surface area contributed by atoms with E-state index in [1.807, 2.05) is 30.3 Å². The van der Waals surface area contributed by atoms with E-state index in [1.165, 1.54) is 13.8 Å². The third kappa shape index (κ3) is 15.0. The number of carbonyl (C=O) groups is 6. The number of benzene rings is 1. The van der Waals surface area contributed by atoms with E-state index in [9.17, 15) is 39.0 Å². The lowest BCUT2D eigenvalue weighted by molar-refractivity contribution is -0.132. The Kier molecular flexibility index (Phi) is 16.2. The number of ether oxygens (including phenoxy) is 1. The average molecular weight is 636 g/mol. The van der Waals surface area contributed by atoms with Gasteiger partial charge in [0, 0.05) is 6.42 Å². The second-order valence-electron chi connectivity index (χ2n) is 12.2. The zero-order chi connectivity index (χ0) is 34.3. The highest BCUT2D eigenvalue weighted by Crippen LogP contribution is 2.12. The summed E-state index contributed by atoms with van der Waals surface area (Å²) >= 11 is 0. The molecule has 7 N–H and O–H groups in total. The van der Waals surface area contributed by atoms with Crippen LogP contribution in [0.5, 0.6) is 0 Å².